The van der Waals surface area contributed by atoms with E-state index in [0.717, 1.165) is 0 Å². The van der Waals surface area contributed by atoms with Crippen molar-refractivity contribution in [2.75, 3.05) is 13.7 Å². The van der Waals surface area contributed by atoms with E-state index in [9.17, 15) is 14.4 Å². The van der Waals surface area contributed by atoms with Crippen molar-refractivity contribution in [2.24, 2.45) is 11.1 Å². The summed E-state index contributed by atoms with van der Waals surface area (Å²) in [5.41, 5.74) is 4.82. The zero-order chi connectivity index (χ0) is 20.2. The molecule has 8 heteroatoms. The van der Waals surface area contributed by atoms with Gasteiger partial charge >= 0.3 is 6.09 Å². The topological polar surface area (TPSA) is 111 Å². The van der Waals surface area contributed by atoms with Gasteiger partial charge in [0.05, 0.1) is 7.11 Å². The average molecular weight is 377 g/mol. The van der Waals surface area contributed by atoms with Crippen LogP contribution in [0, 0.1) is 5.41 Å². The number of carbonyl (C=O) groups excluding carboxylic acids is 3. The van der Waals surface area contributed by atoms with E-state index in [-0.39, 0.29) is 11.7 Å². The Morgan fingerprint density at radius 1 is 1.22 bits per heavy atom. The minimum Gasteiger partial charge on any atom is -0.493 e. The van der Waals surface area contributed by atoms with E-state index in [1.165, 1.54) is 12.0 Å². The number of primary amides is 1. The van der Waals surface area contributed by atoms with Gasteiger partial charge in [0, 0.05) is 6.54 Å². The van der Waals surface area contributed by atoms with Crippen molar-refractivity contribution in [1.29, 1.82) is 0 Å². The maximum absolute atomic E-state index is 13.0. The van der Waals surface area contributed by atoms with E-state index >= 15 is 0 Å². The van der Waals surface area contributed by atoms with Gasteiger partial charge in [-0.1, -0.05) is 32.9 Å². The first kappa shape index (κ1) is 20.5. The SMILES string of the molecule is COc1ccccc1OC(=O)N[C@H](C(=O)N1CCC[C@H]1C(N)=O)C(C)(C)C. The van der Waals surface area contributed by atoms with Gasteiger partial charge in [-0.2, -0.15) is 0 Å². The highest BCUT2D eigenvalue weighted by Crippen LogP contribution is 2.28. The first-order valence-electron chi connectivity index (χ1n) is 8.86. The number of rotatable bonds is 5. The molecule has 148 valence electrons. The van der Waals surface area contributed by atoms with Crippen LogP contribution in [0.2, 0.25) is 0 Å². The summed E-state index contributed by atoms with van der Waals surface area (Å²) in [4.78, 5) is 38.5. The number of ether oxygens (including phenoxy) is 2. The van der Waals surface area contributed by atoms with Gasteiger partial charge in [-0.15, -0.1) is 0 Å². The van der Waals surface area contributed by atoms with E-state index in [0.29, 0.717) is 25.1 Å². The molecule has 27 heavy (non-hydrogen) atoms. The van der Waals surface area contributed by atoms with Crippen LogP contribution in [-0.2, 0) is 9.59 Å². The Kier molecular flexibility index (Phi) is 6.30. The summed E-state index contributed by atoms with van der Waals surface area (Å²) < 4.78 is 10.5. The van der Waals surface area contributed by atoms with Crippen LogP contribution in [0.25, 0.3) is 0 Å². The fourth-order valence-electron chi connectivity index (χ4n) is 3.09. The Balaban J connectivity index is 2.16. The molecular formula is C19H27N3O5. The first-order valence-corrected chi connectivity index (χ1v) is 8.86. The van der Waals surface area contributed by atoms with Crippen molar-refractivity contribution < 1.29 is 23.9 Å². The molecule has 1 aromatic rings. The number of nitrogens with one attached hydrogen (secondary N) is 1. The Hall–Kier alpha value is -2.77. The third-order valence-electron chi connectivity index (χ3n) is 4.51. The molecule has 3 N–H and O–H groups in total. The molecule has 1 saturated heterocycles. The lowest BCUT2D eigenvalue weighted by atomic mass is 9.85. The van der Waals surface area contributed by atoms with Crippen molar-refractivity contribution in [3.8, 4) is 11.5 Å². The number of carbonyl (C=O) groups is 3. The molecule has 3 amide bonds. The van der Waals surface area contributed by atoms with Crippen LogP contribution >= 0.6 is 0 Å². The minimum absolute atomic E-state index is 0.244. The smallest absolute Gasteiger partial charge is 0.413 e. The third-order valence-corrected chi connectivity index (χ3v) is 4.51. The number of nitrogens with two attached hydrogens (primary N) is 1. The zero-order valence-electron chi connectivity index (χ0n) is 16.2. The highest BCUT2D eigenvalue weighted by molar-refractivity contribution is 5.92. The number of nitrogens with zero attached hydrogens (tertiary/aromatic N) is 1. The van der Waals surface area contributed by atoms with Crippen LogP contribution < -0.4 is 20.5 Å². The minimum atomic E-state index is -0.875. The Labute approximate surface area is 159 Å². The molecule has 1 aromatic carbocycles. The van der Waals surface area contributed by atoms with Gasteiger partial charge in [0.15, 0.2) is 11.5 Å². The summed E-state index contributed by atoms with van der Waals surface area (Å²) in [5, 5.41) is 2.63. The maximum Gasteiger partial charge on any atom is 0.413 e. The van der Waals surface area contributed by atoms with Crippen molar-refractivity contribution >= 4 is 17.9 Å². The Morgan fingerprint density at radius 2 is 1.85 bits per heavy atom. The van der Waals surface area contributed by atoms with Gasteiger partial charge in [0.25, 0.3) is 0 Å². The van der Waals surface area contributed by atoms with E-state index in [1.807, 2.05) is 20.8 Å². The lowest BCUT2D eigenvalue weighted by Crippen LogP contribution is -2.57. The number of hydrogen-bond acceptors (Lipinski definition) is 5. The van der Waals surface area contributed by atoms with E-state index in [2.05, 4.69) is 5.32 Å². The molecule has 0 bridgehead atoms. The second kappa shape index (κ2) is 8.28. The molecule has 0 unspecified atom stereocenters. The van der Waals surface area contributed by atoms with Crippen molar-refractivity contribution in [2.45, 2.75) is 45.7 Å². The molecule has 0 aromatic heterocycles. The molecule has 1 aliphatic rings. The van der Waals surface area contributed by atoms with E-state index in [1.54, 1.807) is 24.3 Å². The molecule has 1 heterocycles. The van der Waals surface area contributed by atoms with Crippen LogP contribution in [-0.4, -0.2) is 48.5 Å². The van der Waals surface area contributed by atoms with E-state index < -0.39 is 29.5 Å². The summed E-state index contributed by atoms with van der Waals surface area (Å²) in [6, 6.07) is 5.20. The lowest BCUT2D eigenvalue weighted by Gasteiger charge is -2.34. The largest absolute Gasteiger partial charge is 0.493 e. The quantitative estimate of drug-likeness (QED) is 0.811. The summed E-state index contributed by atoms with van der Waals surface area (Å²) in [5.74, 6) is -0.237. The summed E-state index contributed by atoms with van der Waals surface area (Å²) in [6.45, 7) is 5.92. The summed E-state index contributed by atoms with van der Waals surface area (Å²) in [6.07, 6.45) is 0.452. The standard InChI is InChI=1S/C19H27N3O5/c1-19(2,3)15(17(24)22-11-7-8-12(22)16(20)23)21-18(25)27-14-10-6-5-9-13(14)26-4/h5-6,9-10,12,15H,7-8,11H2,1-4H3,(H2,20,23)(H,21,25)/t12-,15+/m0/s1. The van der Waals surface area contributed by atoms with Crippen molar-refractivity contribution in [3.05, 3.63) is 24.3 Å². The highest BCUT2D eigenvalue weighted by Gasteiger charge is 2.41. The molecule has 1 aliphatic heterocycles. The number of likely N-dealkylation sites (tertiary alicyclic amines) is 1. The summed E-state index contributed by atoms with van der Waals surface area (Å²) in [7, 11) is 1.47. The number of hydrogen-bond donors (Lipinski definition) is 2. The predicted molar refractivity (Wildman–Crippen MR) is 99.3 cm³/mol. The van der Waals surface area contributed by atoms with Crippen LogP contribution in [0.4, 0.5) is 4.79 Å². The van der Waals surface area contributed by atoms with Crippen LogP contribution in [0.5, 0.6) is 11.5 Å². The molecule has 8 nitrogen and oxygen atoms in total. The number of benzene rings is 1. The summed E-state index contributed by atoms with van der Waals surface area (Å²) >= 11 is 0. The first-order chi connectivity index (χ1) is 12.6. The second-order valence-corrected chi connectivity index (χ2v) is 7.58. The fourth-order valence-corrected chi connectivity index (χ4v) is 3.09. The molecular weight excluding hydrogens is 350 g/mol. The van der Waals surface area contributed by atoms with Gasteiger partial charge < -0.3 is 25.4 Å². The van der Waals surface area contributed by atoms with Gasteiger partial charge in [-0.25, -0.2) is 4.79 Å². The third kappa shape index (κ3) is 4.90. The number of amides is 3. The van der Waals surface area contributed by atoms with Gasteiger partial charge in [-0.05, 0) is 30.4 Å². The lowest BCUT2D eigenvalue weighted by molar-refractivity contribution is -0.141. The van der Waals surface area contributed by atoms with E-state index in [4.69, 9.17) is 15.2 Å². The monoisotopic (exact) mass is 377 g/mol. The van der Waals surface area contributed by atoms with Crippen LogP contribution in [0.15, 0.2) is 24.3 Å². The molecule has 0 spiro atoms. The fraction of sp³-hybridized carbons (Fsp3) is 0.526. The maximum atomic E-state index is 13.0. The van der Waals surface area contributed by atoms with Crippen LogP contribution in [0.3, 0.4) is 0 Å². The van der Waals surface area contributed by atoms with Gasteiger partial charge in [0.1, 0.15) is 12.1 Å². The molecule has 2 rings (SSSR count). The highest BCUT2D eigenvalue weighted by atomic mass is 16.6. The molecule has 0 saturated carbocycles. The second-order valence-electron chi connectivity index (χ2n) is 7.58. The molecule has 1 fully saturated rings. The number of methoxy groups -OCH3 is 1. The van der Waals surface area contributed by atoms with Crippen LogP contribution in [0.1, 0.15) is 33.6 Å². The zero-order valence-corrected chi connectivity index (χ0v) is 16.2. The molecule has 0 aliphatic carbocycles. The average Bonchev–Trinajstić information content (AvgIpc) is 3.08. The Morgan fingerprint density at radius 3 is 2.41 bits per heavy atom. The van der Waals surface area contributed by atoms with Gasteiger partial charge in [0.2, 0.25) is 11.8 Å². The normalized spacial score (nSPS) is 17.9. The predicted octanol–water partition coefficient (Wildman–Crippen LogP) is 1.67. The number of para-hydroxylation sites is 2. The molecule has 0 radical (unpaired) electrons. The molecule has 2 atom stereocenters. The Bertz CT molecular complexity index is 714. The van der Waals surface area contributed by atoms with Crippen molar-refractivity contribution in [1.82, 2.24) is 10.2 Å². The van der Waals surface area contributed by atoms with Gasteiger partial charge in [-0.3, -0.25) is 9.59 Å². The van der Waals surface area contributed by atoms with Crippen molar-refractivity contribution in [3.63, 3.8) is 0 Å².